The number of likely N-dealkylation sites (N-methyl/N-ethyl adjacent to an activating group) is 1. The van der Waals surface area contributed by atoms with Crippen LogP contribution in [0.3, 0.4) is 0 Å². The summed E-state index contributed by atoms with van der Waals surface area (Å²) in [5.41, 5.74) is 0.473. The molecule has 1 saturated carbocycles. The van der Waals surface area contributed by atoms with Crippen LogP contribution in [0.25, 0.3) is 0 Å². The van der Waals surface area contributed by atoms with E-state index in [1.165, 1.54) is 4.31 Å². The zero-order valence-corrected chi connectivity index (χ0v) is 17.4. The van der Waals surface area contributed by atoms with E-state index < -0.39 is 10.0 Å². The molecule has 27 heavy (non-hydrogen) atoms. The number of rotatable bonds is 7. The number of carbonyl (C=O) groups excluding carboxylic acids is 1. The Balaban J connectivity index is 1.78. The van der Waals surface area contributed by atoms with Crippen molar-refractivity contribution in [2.45, 2.75) is 44.0 Å². The number of hydrogen-bond donors (Lipinski definition) is 0. The molecule has 0 spiro atoms. The topological polar surface area (TPSA) is 60.9 Å². The SMILES string of the molecule is CC(C)CCN(C(=O)c1cccc(S(=O)(=O)N2CCN(C)CC2)c1)C1CC1. The molecule has 0 unspecified atom stereocenters. The molecule has 0 bridgehead atoms. The molecule has 2 fully saturated rings. The van der Waals surface area contributed by atoms with E-state index in [4.69, 9.17) is 0 Å². The molecular weight excluding hydrogens is 362 g/mol. The van der Waals surface area contributed by atoms with Gasteiger partial charge in [-0.05, 0) is 50.4 Å². The van der Waals surface area contributed by atoms with Gasteiger partial charge >= 0.3 is 0 Å². The third-order valence-corrected chi connectivity index (χ3v) is 7.27. The first-order valence-corrected chi connectivity index (χ1v) is 11.3. The molecule has 1 aliphatic heterocycles. The Hall–Kier alpha value is -1.44. The third-order valence-electron chi connectivity index (χ3n) is 5.38. The Morgan fingerprint density at radius 1 is 1.19 bits per heavy atom. The average Bonchev–Trinajstić information content (AvgIpc) is 3.47. The Labute approximate surface area is 163 Å². The largest absolute Gasteiger partial charge is 0.336 e. The maximum atomic E-state index is 13.0. The van der Waals surface area contributed by atoms with Crippen molar-refractivity contribution in [3.05, 3.63) is 29.8 Å². The molecule has 2 aliphatic rings. The first-order chi connectivity index (χ1) is 12.8. The molecule has 0 aromatic heterocycles. The van der Waals surface area contributed by atoms with E-state index in [0.717, 1.165) is 38.9 Å². The highest BCUT2D eigenvalue weighted by molar-refractivity contribution is 7.89. The quantitative estimate of drug-likeness (QED) is 0.713. The van der Waals surface area contributed by atoms with Crippen LogP contribution in [0.1, 0.15) is 43.5 Å². The molecule has 1 aromatic rings. The van der Waals surface area contributed by atoms with Gasteiger partial charge in [-0.3, -0.25) is 4.79 Å². The highest BCUT2D eigenvalue weighted by Gasteiger charge is 2.34. The number of amides is 1. The lowest BCUT2D eigenvalue weighted by Crippen LogP contribution is -2.47. The van der Waals surface area contributed by atoms with E-state index in [9.17, 15) is 13.2 Å². The minimum Gasteiger partial charge on any atom is -0.336 e. The molecule has 1 heterocycles. The van der Waals surface area contributed by atoms with Crippen molar-refractivity contribution < 1.29 is 13.2 Å². The maximum absolute atomic E-state index is 13.0. The Morgan fingerprint density at radius 3 is 2.44 bits per heavy atom. The van der Waals surface area contributed by atoms with Crippen LogP contribution in [-0.2, 0) is 10.0 Å². The minimum atomic E-state index is -3.56. The van der Waals surface area contributed by atoms with Gasteiger partial charge in [0.15, 0.2) is 0 Å². The average molecular weight is 394 g/mol. The second-order valence-electron chi connectivity index (χ2n) is 8.15. The number of sulfonamides is 1. The summed E-state index contributed by atoms with van der Waals surface area (Å²) in [6.07, 6.45) is 3.05. The lowest BCUT2D eigenvalue weighted by atomic mass is 10.1. The number of carbonyl (C=O) groups is 1. The summed E-state index contributed by atoms with van der Waals surface area (Å²) in [7, 11) is -1.57. The van der Waals surface area contributed by atoms with Crippen LogP contribution < -0.4 is 0 Å². The van der Waals surface area contributed by atoms with Crippen LogP contribution in [0.2, 0.25) is 0 Å². The molecule has 1 aromatic carbocycles. The fourth-order valence-corrected chi connectivity index (χ4v) is 4.83. The van der Waals surface area contributed by atoms with Crippen molar-refractivity contribution in [1.29, 1.82) is 0 Å². The predicted molar refractivity (Wildman–Crippen MR) is 106 cm³/mol. The van der Waals surface area contributed by atoms with E-state index in [2.05, 4.69) is 18.7 Å². The van der Waals surface area contributed by atoms with Crippen molar-refractivity contribution in [3.63, 3.8) is 0 Å². The third kappa shape index (κ3) is 4.89. The number of benzene rings is 1. The second kappa shape index (κ2) is 8.29. The van der Waals surface area contributed by atoms with E-state index >= 15 is 0 Å². The second-order valence-corrected chi connectivity index (χ2v) is 10.1. The van der Waals surface area contributed by atoms with E-state index in [0.29, 0.717) is 30.6 Å². The van der Waals surface area contributed by atoms with Crippen LogP contribution in [0, 0.1) is 5.92 Å². The lowest BCUT2D eigenvalue weighted by molar-refractivity contribution is 0.0735. The molecule has 0 radical (unpaired) electrons. The Bertz CT molecular complexity index is 766. The molecule has 6 nitrogen and oxygen atoms in total. The summed E-state index contributed by atoms with van der Waals surface area (Å²) in [4.78, 5) is 17.3. The predicted octanol–water partition coefficient (Wildman–Crippen LogP) is 2.27. The number of hydrogen-bond acceptors (Lipinski definition) is 4. The smallest absolute Gasteiger partial charge is 0.254 e. The monoisotopic (exact) mass is 393 g/mol. The molecule has 1 amide bonds. The Kier molecular flexibility index (Phi) is 6.23. The number of piperazine rings is 1. The molecule has 1 saturated heterocycles. The summed E-state index contributed by atoms with van der Waals surface area (Å²) >= 11 is 0. The van der Waals surface area contributed by atoms with Crippen LogP contribution in [0.15, 0.2) is 29.2 Å². The van der Waals surface area contributed by atoms with E-state index in [-0.39, 0.29) is 10.8 Å². The molecule has 0 atom stereocenters. The molecular formula is C20H31N3O3S. The summed E-state index contributed by atoms with van der Waals surface area (Å²) in [5, 5.41) is 0. The van der Waals surface area contributed by atoms with Gasteiger partial charge in [0, 0.05) is 44.3 Å². The van der Waals surface area contributed by atoms with Crippen molar-refractivity contribution in [2.24, 2.45) is 5.92 Å². The maximum Gasteiger partial charge on any atom is 0.254 e. The highest BCUT2D eigenvalue weighted by atomic mass is 32.2. The van der Waals surface area contributed by atoms with Crippen molar-refractivity contribution in [2.75, 3.05) is 39.8 Å². The summed E-state index contributed by atoms with van der Waals surface area (Å²) in [6, 6.07) is 6.88. The van der Waals surface area contributed by atoms with Crippen LogP contribution in [0.4, 0.5) is 0 Å². The standard InChI is InChI=1S/C20H31N3O3S/c1-16(2)9-10-23(18-7-8-18)20(24)17-5-4-6-19(15-17)27(25,26)22-13-11-21(3)12-14-22/h4-6,15-16,18H,7-14H2,1-3H3. The first kappa shape index (κ1) is 20.3. The van der Waals surface area contributed by atoms with Crippen molar-refractivity contribution in [3.8, 4) is 0 Å². The minimum absolute atomic E-state index is 0.0476. The van der Waals surface area contributed by atoms with Crippen molar-refractivity contribution in [1.82, 2.24) is 14.1 Å². The van der Waals surface area contributed by atoms with Crippen LogP contribution in [-0.4, -0.2) is 74.2 Å². The first-order valence-electron chi connectivity index (χ1n) is 9.89. The van der Waals surface area contributed by atoms with Crippen molar-refractivity contribution >= 4 is 15.9 Å². The van der Waals surface area contributed by atoms with Crippen LogP contribution in [0.5, 0.6) is 0 Å². The summed E-state index contributed by atoms with van der Waals surface area (Å²) < 4.78 is 27.5. The summed E-state index contributed by atoms with van der Waals surface area (Å²) in [5.74, 6) is 0.483. The van der Waals surface area contributed by atoms with Crippen LogP contribution >= 0.6 is 0 Å². The van der Waals surface area contributed by atoms with Gasteiger partial charge in [-0.15, -0.1) is 0 Å². The molecule has 150 valence electrons. The van der Waals surface area contributed by atoms with Gasteiger partial charge in [-0.25, -0.2) is 8.42 Å². The van der Waals surface area contributed by atoms with E-state index in [1.807, 2.05) is 11.9 Å². The number of nitrogens with zero attached hydrogens (tertiary/aromatic N) is 3. The van der Waals surface area contributed by atoms with Gasteiger partial charge in [0.2, 0.25) is 10.0 Å². The molecule has 1 aliphatic carbocycles. The van der Waals surface area contributed by atoms with Gasteiger partial charge in [0.1, 0.15) is 0 Å². The summed E-state index contributed by atoms with van der Waals surface area (Å²) in [6.45, 7) is 7.46. The van der Waals surface area contributed by atoms with Gasteiger partial charge < -0.3 is 9.80 Å². The zero-order chi connectivity index (χ0) is 19.6. The normalized spacial score (nSPS) is 19.4. The molecule has 7 heteroatoms. The van der Waals surface area contributed by atoms with Gasteiger partial charge in [-0.2, -0.15) is 4.31 Å². The molecule has 0 N–H and O–H groups in total. The fourth-order valence-electron chi connectivity index (χ4n) is 3.37. The lowest BCUT2D eigenvalue weighted by Gasteiger charge is -2.31. The zero-order valence-electron chi connectivity index (χ0n) is 16.6. The highest BCUT2D eigenvalue weighted by Crippen LogP contribution is 2.29. The van der Waals surface area contributed by atoms with Gasteiger partial charge in [-0.1, -0.05) is 19.9 Å². The molecule has 3 rings (SSSR count). The fraction of sp³-hybridized carbons (Fsp3) is 0.650. The van der Waals surface area contributed by atoms with E-state index in [1.54, 1.807) is 24.3 Å². The van der Waals surface area contributed by atoms with Gasteiger partial charge in [0.25, 0.3) is 5.91 Å². The Morgan fingerprint density at radius 2 is 1.85 bits per heavy atom. The van der Waals surface area contributed by atoms with Gasteiger partial charge in [0.05, 0.1) is 4.90 Å².